The Bertz CT molecular complexity index is 837. The maximum absolute atomic E-state index is 12.5. The molecule has 8 heteroatoms. The van der Waals surface area contributed by atoms with E-state index < -0.39 is 6.10 Å². The zero-order valence-electron chi connectivity index (χ0n) is 14.1. The number of carbonyl (C=O) groups is 1. The molecule has 128 valence electrons. The second-order valence-corrected chi connectivity index (χ2v) is 6.18. The van der Waals surface area contributed by atoms with Gasteiger partial charge in [-0.2, -0.15) is 10.2 Å². The summed E-state index contributed by atoms with van der Waals surface area (Å²) in [4.78, 5) is 26.2. The van der Waals surface area contributed by atoms with E-state index in [9.17, 15) is 14.7 Å². The fourth-order valence-corrected chi connectivity index (χ4v) is 2.72. The molecule has 1 aliphatic heterocycles. The summed E-state index contributed by atoms with van der Waals surface area (Å²) < 4.78 is 3.02. The van der Waals surface area contributed by atoms with Gasteiger partial charge in [-0.15, -0.1) is 0 Å². The molecule has 0 saturated carbocycles. The molecule has 1 amide bonds. The number of aromatic nitrogens is 4. The number of nitrogens with zero attached hydrogens (tertiary/aromatic N) is 5. The van der Waals surface area contributed by atoms with Crippen molar-refractivity contribution in [3.05, 3.63) is 45.1 Å². The largest absolute Gasteiger partial charge is 0.387 e. The van der Waals surface area contributed by atoms with Crippen LogP contribution in [0.5, 0.6) is 0 Å². The van der Waals surface area contributed by atoms with Gasteiger partial charge in [-0.25, -0.2) is 4.68 Å². The molecule has 1 atom stereocenters. The fourth-order valence-electron chi connectivity index (χ4n) is 2.72. The van der Waals surface area contributed by atoms with Crippen LogP contribution in [0.2, 0.25) is 0 Å². The van der Waals surface area contributed by atoms with E-state index in [1.54, 1.807) is 11.8 Å². The standard InChI is InChI=1S/C16H21N5O3/c1-10-6-15(23)21(17-11(10)2)9-16(24)19-4-5-20-13(8-19)7-14(18-20)12(3)22/h6-7,12,22H,4-5,8-9H2,1-3H3/t12-/m0/s1. The summed E-state index contributed by atoms with van der Waals surface area (Å²) in [5, 5.41) is 18.1. The highest BCUT2D eigenvalue weighted by Crippen LogP contribution is 2.18. The van der Waals surface area contributed by atoms with Crippen LogP contribution in [-0.4, -0.2) is 42.0 Å². The van der Waals surface area contributed by atoms with Gasteiger partial charge in [0.25, 0.3) is 5.56 Å². The van der Waals surface area contributed by atoms with Crippen molar-refractivity contribution in [3.63, 3.8) is 0 Å². The minimum Gasteiger partial charge on any atom is -0.387 e. The number of hydrogen-bond donors (Lipinski definition) is 1. The van der Waals surface area contributed by atoms with Crippen LogP contribution in [0.3, 0.4) is 0 Å². The third-order valence-electron chi connectivity index (χ3n) is 4.32. The predicted octanol–water partition coefficient (Wildman–Crippen LogP) is 0.152. The molecule has 0 fully saturated rings. The summed E-state index contributed by atoms with van der Waals surface area (Å²) in [6.45, 7) is 6.73. The molecule has 1 aliphatic rings. The monoisotopic (exact) mass is 331 g/mol. The van der Waals surface area contributed by atoms with Crippen molar-refractivity contribution in [2.45, 2.75) is 46.5 Å². The number of aliphatic hydroxyl groups excluding tert-OH is 1. The van der Waals surface area contributed by atoms with Crippen LogP contribution in [0.15, 0.2) is 16.9 Å². The van der Waals surface area contributed by atoms with E-state index >= 15 is 0 Å². The molecule has 24 heavy (non-hydrogen) atoms. The molecule has 0 unspecified atom stereocenters. The molecular weight excluding hydrogens is 310 g/mol. The summed E-state index contributed by atoms with van der Waals surface area (Å²) in [5.74, 6) is -0.154. The minimum absolute atomic E-state index is 0.0721. The van der Waals surface area contributed by atoms with Crippen molar-refractivity contribution in [2.75, 3.05) is 6.54 Å². The Morgan fingerprint density at radius 2 is 2.04 bits per heavy atom. The smallest absolute Gasteiger partial charge is 0.267 e. The number of rotatable bonds is 3. The molecule has 1 N–H and O–H groups in total. The van der Waals surface area contributed by atoms with E-state index in [1.165, 1.54) is 10.7 Å². The maximum atomic E-state index is 12.5. The Labute approximate surface area is 139 Å². The molecule has 0 saturated heterocycles. The molecule has 3 heterocycles. The molecule has 3 rings (SSSR count). The molecule has 2 aromatic rings. The topological polar surface area (TPSA) is 93.2 Å². The Morgan fingerprint density at radius 1 is 1.29 bits per heavy atom. The van der Waals surface area contributed by atoms with Gasteiger partial charge in [0, 0.05) is 12.6 Å². The van der Waals surface area contributed by atoms with Gasteiger partial charge in [-0.05, 0) is 32.4 Å². The molecular formula is C16H21N5O3. The SMILES string of the molecule is Cc1cc(=O)n(CC(=O)N2CCn3nc([C@H](C)O)cc3C2)nc1C. The molecule has 8 nitrogen and oxygen atoms in total. The minimum atomic E-state index is -0.634. The Morgan fingerprint density at radius 3 is 2.75 bits per heavy atom. The summed E-state index contributed by atoms with van der Waals surface area (Å²) in [7, 11) is 0. The number of carbonyl (C=O) groups excluding carboxylic acids is 1. The lowest BCUT2D eigenvalue weighted by molar-refractivity contribution is -0.133. The van der Waals surface area contributed by atoms with Gasteiger partial charge in [0.2, 0.25) is 5.91 Å². The van der Waals surface area contributed by atoms with E-state index in [2.05, 4.69) is 10.2 Å². The molecule has 2 aromatic heterocycles. The van der Waals surface area contributed by atoms with Gasteiger partial charge in [-0.1, -0.05) is 0 Å². The first-order valence-electron chi connectivity index (χ1n) is 7.93. The normalized spacial score (nSPS) is 15.2. The number of hydrogen-bond acceptors (Lipinski definition) is 5. The Kier molecular flexibility index (Phi) is 4.23. The van der Waals surface area contributed by atoms with E-state index in [4.69, 9.17) is 0 Å². The Balaban J connectivity index is 1.75. The second kappa shape index (κ2) is 6.20. The van der Waals surface area contributed by atoms with Crippen molar-refractivity contribution in [3.8, 4) is 0 Å². The van der Waals surface area contributed by atoms with E-state index in [1.807, 2.05) is 24.6 Å². The van der Waals surface area contributed by atoms with Gasteiger partial charge in [0.15, 0.2) is 0 Å². The first-order chi connectivity index (χ1) is 11.3. The average molecular weight is 331 g/mol. The van der Waals surface area contributed by atoms with Crippen molar-refractivity contribution in [2.24, 2.45) is 0 Å². The van der Waals surface area contributed by atoms with Crippen LogP contribution in [0.4, 0.5) is 0 Å². The Hall–Kier alpha value is -2.48. The van der Waals surface area contributed by atoms with E-state index in [0.29, 0.717) is 25.3 Å². The van der Waals surface area contributed by atoms with Crippen LogP contribution in [-0.2, 0) is 24.4 Å². The van der Waals surface area contributed by atoms with E-state index in [-0.39, 0.29) is 18.0 Å². The van der Waals surface area contributed by atoms with Gasteiger partial charge in [0.05, 0.1) is 36.3 Å². The highest BCUT2D eigenvalue weighted by molar-refractivity contribution is 5.76. The number of amides is 1. The first-order valence-corrected chi connectivity index (χ1v) is 7.93. The molecule has 0 aliphatic carbocycles. The van der Waals surface area contributed by atoms with Crippen molar-refractivity contribution >= 4 is 5.91 Å². The van der Waals surface area contributed by atoms with Crippen LogP contribution in [0, 0.1) is 13.8 Å². The molecule has 0 aromatic carbocycles. The zero-order valence-corrected chi connectivity index (χ0v) is 14.1. The van der Waals surface area contributed by atoms with Crippen molar-refractivity contribution in [1.29, 1.82) is 0 Å². The number of aryl methyl sites for hydroxylation is 2. The van der Waals surface area contributed by atoms with Crippen LogP contribution >= 0.6 is 0 Å². The summed E-state index contributed by atoms with van der Waals surface area (Å²) >= 11 is 0. The third-order valence-corrected chi connectivity index (χ3v) is 4.32. The molecule has 0 spiro atoms. The van der Waals surface area contributed by atoms with Crippen LogP contribution < -0.4 is 5.56 Å². The molecule has 0 bridgehead atoms. The van der Waals surface area contributed by atoms with Crippen molar-refractivity contribution in [1.82, 2.24) is 24.5 Å². The van der Waals surface area contributed by atoms with Crippen LogP contribution in [0.1, 0.15) is 35.7 Å². The maximum Gasteiger partial charge on any atom is 0.267 e. The van der Waals surface area contributed by atoms with Crippen LogP contribution in [0.25, 0.3) is 0 Å². The highest BCUT2D eigenvalue weighted by atomic mass is 16.3. The summed E-state index contributed by atoms with van der Waals surface area (Å²) in [6, 6.07) is 3.31. The summed E-state index contributed by atoms with van der Waals surface area (Å²) in [6.07, 6.45) is -0.634. The average Bonchev–Trinajstić information content (AvgIpc) is 2.96. The number of aliphatic hydroxyl groups is 1. The lowest BCUT2D eigenvalue weighted by Crippen LogP contribution is -2.42. The molecule has 0 radical (unpaired) electrons. The van der Waals surface area contributed by atoms with E-state index in [0.717, 1.165) is 17.0 Å². The van der Waals surface area contributed by atoms with Gasteiger partial charge < -0.3 is 10.0 Å². The van der Waals surface area contributed by atoms with Gasteiger partial charge in [0.1, 0.15) is 6.54 Å². The van der Waals surface area contributed by atoms with Gasteiger partial charge in [-0.3, -0.25) is 14.3 Å². The lowest BCUT2D eigenvalue weighted by atomic mass is 10.2. The lowest BCUT2D eigenvalue weighted by Gasteiger charge is -2.27. The number of fused-ring (bicyclic) bond motifs is 1. The highest BCUT2D eigenvalue weighted by Gasteiger charge is 2.23. The zero-order chi connectivity index (χ0) is 17.4. The third kappa shape index (κ3) is 3.09. The first kappa shape index (κ1) is 16.4. The fraction of sp³-hybridized carbons (Fsp3) is 0.500. The van der Waals surface area contributed by atoms with Gasteiger partial charge >= 0.3 is 0 Å². The second-order valence-electron chi connectivity index (χ2n) is 6.18. The predicted molar refractivity (Wildman–Crippen MR) is 86.2 cm³/mol. The van der Waals surface area contributed by atoms with Crippen molar-refractivity contribution < 1.29 is 9.90 Å². The quantitative estimate of drug-likeness (QED) is 0.864. The summed E-state index contributed by atoms with van der Waals surface area (Å²) in [5.41, 5.74) is 2.76.